The molecule has 0 aliphatic carbocycles. The molecule has 7 heteroatoms. The van der Waals surface area contributed by atoms with E-state index in [1.165, 1.54) is 30.3 Å². The summed E-state index contributed by atoms with van der Waals surface area (Å²) in [5.41, 5.74) is 0. The van der Waals surface area contributed by atoms with Crippen molar-refractivity contribution >= 4 is 21.6 Å². The Morgan fingerprint density at radius 3 is 2.71 bits per heavy atom. The highest BCUT2D eigenvalue weighted by Gasteiger charge is 2.18. The number of hydrogen-bond donors (Lipinski definition) is 0. The van der Waals surface area contributed by atoms with Crippen LogP contribution < -0.4 is 4.90 Å². The van der Waals surface area contributed by atoms with E-state index in [-0.39, 0.29) is 17.3 Å². The summed E-state index contributed by atoms with van der Waals surface area (Å²) in [4.78, 5) is 16.6. The summed E-state index contributed by atoms with van der Waals surface area (Å²) in [7, 11) is -0.530. The Kier molecular flexibility index (Phi) is 4.06. The lowest BCUT2D eigenvalue weighted by Crippen LogP contribution is -2.28. The summed E-state index contributed by atoms with van der Waals surface area (Å²) in [5.74, 6) is -0.224. The second-order valence-electron chi connectivity index (χ2n) is 3.53. The van der Waals surface area contributed by atoms with Crippen LogP contribution in [0.3, 0.4) is 0 Å². The van der Waals surface area contributed by atoms with E-state index in [4.69, 9.17) is 0 Å². The van der Waals surface area contributed by atoms with E-state index >= 15 is 0 Å². The second kappa shape index (κ2) is 5.13. The largest absolute Gasteiger partial charge is 0.468 e. The molecule has 0 saturated heterocycles. The van der Waals surface area contributed by atoms with Crippen molar-refractivity contribution in [2.24, 2.45) is 0 Å². The highest BCUT2D eigenvalue weighted by molar-refractivity contribution is 7.90. The second-order valence-corrected chi connectivity index (χ2v) is 5.51. The Hall–Kier alpha value is -1.63. The zero-order chi connectivity index (χ0) is 13.1. The number of hydrogen-bond acceptors (Lipinski definition) is 6. The maximum atomic E-state index is 11.5. The van der Waals surface area contributed by atoms with Crippen molar-refractivity contribution in [2.75, 3.05) is 31.9 Å². The van der Waals surface area contributed by atoms with E-state index in [1.807, 2.05) is 0 Å². The molecule has 0 N–H and O–H groups in total. The topological polar surface area (TPSA) is 76.6 Å². The summed E-state index contributed by atoms with van der Waals surface area (Å²) in [6, 6.07) is 2.98. The molecule has 0 fully saturated rings. The number of nitrogens with zero attached hydrogens (tertiary/aromatic N) is 2. The molecule has 1 rings (SSSR count). The minimum atomic E-state index is -3.38. The van der Waals surface area contributed by atoms with E-state index in [2.05, 4.69) is 9.72 Å². The number of pyridine rings is 1. The van der Waals surface area contributed by atoms with Crippen LogP contribution in [-0.2, 0) is 19.4 Å². The average molecular weight is 258 g/mol. The number of likely N-dealkylation sites (N-methyl/N-ethyl adjacent to an activating group) is 1. The predicted molar refractivity (Wildman–Crippen MR) is 62.6 cm³/mol. The maximum Gasteiger partial charge on any atom is 0.325 e. The summed E-state index contributed by atoms with van der Waals surface area (Å²) >= 11 is 0. The van der Waals surface area contributed by atoms with Gasteiger partial charge >= 0.3 is 5.97 Å². The van der Waals surface area contributed by atoms with E-state index in [0.29, 0.717) is 0 Å². The number of methoxy groups -OCH3 is 1. The lowest BCUT2D eigenvalue weighted by molar-refractivity contribution is -0.138. The van der Waals surface area contributed by atoms with Gasteiger partial charge in [-0.15, -0.1) is 0 Å². The summed E-state index contributed by atoms with van der Waals surface area (Å²) in [5, 5.41) is 0. The third-order valence-corrected chi connectivity index (χ3v) is 3.22. The highest BCUT2D eigenvalue weighted by atomic mass is 32.2. The predicted octanol–water partition coefficient (Wildman–Crippen LogP) is 0.0943. The average Bonchev–Trinajstić information content (AvgIpc) is 2.27. The molecule has 17 heavy (non-hydrogen) atoms. The Morgan fingerprint density at radius 2 is 2.18 bits per heavy atom. The molecule has 0 atom stereocenters. The Balaban J connectivity index is 3.10. The molecule has 0 aromatic carbocycles. The molecule has 1 aromatic rings. The van der Waals surface area contributed by atoms with Gasteiger partial charge in [0.1, 0.15) is 17.3 Å². The number of esters is 1. The molecule has 1 aromatic heterocycles. The van der Waals surface area contributed by atoms with Gasteiger partial charge in [-0.05, 0) is 12.1 Å². The van der Waals surface area contributed by atoms with Crippen molar-refractivity contribution in [3.63, 3.8) is 0 Å². The fourth-order valence-electron chi connectivity index (χ4n) is 1.29. The van der Waals surface area contributed by atoms with Crippen LogP contribution >= 0.6 is 0 Å². The Morgan fingerprint density at radius 1 is 1.53 bits per heavy atom. The first kappa shape index (κ1) is 13.4. The van der Waals surface area contributed by atoms with Crippen LogP contribution in [0.1, 0.15) is 0 Å². The molecular weight excluding hydrogens is 244 g/mol. The van der Waals surface area contributed by atoms with Gasteiger partial charge in [-0.3, -0.25) is 4.79 Å². The van der Waals surface area contributed by atoms with Gasteiger partial charge in [0, 0.05) is 19.5 Å². The number of ether oxygens (including phenoxy) is 1. The lowest BCUT2D eigenvalue weighted by atomic mass is 10.4. The van der Waals surface area contributed by atoms with E-state index < -0.39 is 15.8 Å². The fraction of sp³-hybridized carbons (Fsp3) is 0.400. The fourth-order valence-corrected chi connectivity index (χ4v) is 2.16. The van der Waals surface area contributed by atoms with Crippen LogP contribution in [0.15, 0.2) is 23.2 Å². The number of anilines is 1. The molecule has 0 amide bonds. The van der Waals surface area contributed by atoms with Gasteiger partial charge in [0.2, 0.25) is 0 Å². The van der Waals surface area contributed by atoms with E-state index in [1.54, 1.807) is 7.05 Å². The van der Waals surface area contributed by atoms with Crippen molar-refractivity contribution in [3.8, 4) is 0 Å². The van der Waals surface area contributed by atoms with Crippen LogP contribution in [0, 0.1) is 0 Å². The first-order valence-corrected chi connectivity index (χ1v) is 6.68. The van der Waals surface area contributed by atoms with Crippen molar-refractivity contribution in [1.29, 1.82) is 0 Å². The Labute approximate surface area is 100 Å². The summed E-state index contributed by atoms with van der Waals surface area (Å²) in [6.45, 7) is -0.0595. The third-order valence-electron chi connectivity index (χ3n) is 2.11. The molecule has 0 spiro atoms. The number of aromatic nitrogens is 1. The van der Waals surface area contributed by atoms with Crippen molar-refractivity contribution in [3.05, 3.63) is 18.3 Å². The molecule has 0 unspecified atom stereocenters. The minimum absolute atomic E-state index is 0.0595. The van der Waals surface area contributed by atoms with Gasteiger partial charge in [-0.25, -0.2) is 13.4 Å². The zero-order valence-corrected chi connectivity index (χ0v) is 10.7. The van der Waals surface area contributed by atoms with E-state index in [9.17, 15) is 13.2 Å². The molecule has 1 heterocycles. The van der Waals surface area contributed by atoms with Crippen molar-refractivity contribution < 1.29 is 17.9 Å². The van der Waals surface area contributed by atoms with Gasteiger partial charge in [-0.2, -0.15) is 0 Å². The summed E-state index contributed by atoms with van der Waals surface area (Å²) in [6.07, 6.45) is 2.57. The summed E-state index contributed by atoms with van der Waals surface area (Å²) < 4.78 is 27.6. The van der Waals surface area contributed by atoms with Crippen LogP contribution in [0.2, 0.25) is 0 Å². The standard InChI is InChI=1S/C10H14N2O4S/c1-12(7-9(13)16-2)10-8(17(3,14)15)5-4-6-11-10/h4-6H,7H2,1-3H3. The van der Waals surface area contributed by atoms with Crippen LogP contribution in [0.5, 0.6) is 0 Å². The zero-order valence-electron chi connectivity index (χ0n) is 9.87. The maximum absolute atomic E-state index is 11.5. The van der Waals surface area contributed by atoms with Gasteiger partial charge in [-0.1, -0.05) is 0 Å². The molecule has 94 valence electrons. The smallest absolute Gasteiger partial charge is 0.325 e. The first-order valence-electron chi connectivity index (χ1n) is 4.79. The Bertz CT molecular complexity index is 513. The van der Waals surface area contributed by atoms with Crippen LogP contribution in [0.25, 0.3) is 0 Å². The highest BCUT2D eigenvalue weighted by Crippen LogP contribution is 2.20. The molecule has 0 radical (unpaired) electrons. The van der Waals surface area contributed by atoms with Gasteiger partial charge < -0.3 is 9.64 Å². The lowest BCUT2D eigenvalue weighted by Gasteiger charge is -2.18. The minimum Gasteiger partial charge on any atom is -0.468 e. The SMILES string of the molecule is COC(=O)CN(C)c1ncccc1S(C)(=O)=O. The number of sulfone groups is 1. The van der Waals surface area contributed by atoms with Gasteiger partial charge in [0.15, 0.2) is 9.84 Å². The molecule has 0 aliphatic heterocycles. The first-order chi connectivity index (χ1) is 7.86. The number of rotatable bonds is 4. The van der Waals surface area contributed by atoms with Gasteiger partial charge in [0.25, 0.3) is 0 Å². The molecule has 0 saturated carbocycles. The number of carbonyl (C=O) groups is 1. The van der Waals surface area contributed by atoms with Crippen LogP contribution in [0.4, 0.5) is 5.82 Å². The monoisotopic (exact) mass is 258 g/mol. The normalized spacial score (nSPS) is 11.0. The third kappa shape index (κ3) is 3.42. The molecule has 0 aliphatic rings. The van der Waals surface area contributed by atoms with Gasteiger partial charge in [0.05, 0.1) is 7.11 Å². The molecule has 0 bridgehead atoms. The molecule has 6 nitrogen and oxygen atoms in total. The quantitative estimate of drug-likeness (QED) is 0.713. The van der Waals surface area contributed by atoms with Crippen LogP contribution in [-0.4, -0.2) is 46.3 Å². The van der Waals surface area contributed by atoms with Crippen molar-refractivity contribution in [2.45, 2.75) is 4.90 Å². The van der Waals surface area contributed by atoms with Crippen molar-refractivity contribution in [1.82, 2.24) is 4.98 Å². The van der Waals surface area contributed by atoms with E-state index in [0.717, 1.165) is 6.26 Å². The molecular formula is C10H14N2O4S. The number of carbonyl (C=O) groups excluding carboxylic acids is 1.